The second kappa shape index (κ2) is 12.5. The number of hydrogen-bond donors (Lipinski definition) is 0. The van der Waals surface area contributed by atoms with Crippen molar-refractivity contribution < 1.29 is 0 Å². The monoisotopic (exact) mass is 722 g/mol. The lowest BCUT2D eigenvalue weighted by atomic mass is 9.91. The van der Waals surface area contributed by atoms with E-state index in [-0.39, 0.29) is 0 Å². The molecule has 12 rings (SSSR count). The lowest BCUT2D eigenvalue weighted by molar-refractivity contribution is 1.18. The first-order valence-electron chi connectivity index (χ1n) is 19.6. The van der Waals surface area contributed by atoms with Crippen LogP contribution >= 0.6 is 0 Å². The molecular weight excluding hydrogens is 689 g/mol. The lowest BCUT2D eigenvalue weighted by Gasteiger charge is -2.15. The normalized spacial score (nSPS) is 11.9. The molecule has 10 aromatic carbocycles. The van der Waals surface area contributed by atoms with Crippen molar-refractivity contribution in [2.45, 2.75) is 0 Å². The van der Waals surface area contributed by atoms with Crippen molar-refractivity contribution in [3.05, 3.63) is 206 Å². The van der Waals surface area contributed by atoms with Gasteiger partial charge in [0.1, 0.15) is 0 Å². The van der Waals surface area contributed by atoms with Crippen LogP contribution in [-0.2, 0) is 0 Å². The molecule has 2 aromatic heterocycles. The zero-order chi connectivity index (χ0) is 37.5. The Bertz CT molecular complexity index is 3510. The topological polar surface area (TPSA) is 17.8 Å². The minimum atomic E-state index is 0.997. The van der Waals surface area contributed by atoms with Gasteiger partial charge in [0.15, 0.2) is 0 Å². The highest BCUT2D eigenvalue weighted by Gasteiger charge is 2.21. The molecule has 0 bridgehead atoms. The molecule has 0 aliphatic heterocycles. The fraction of sp³-hybridized carbons (Fsp3) is 0. The number of benzene rings is 10. The van der Waals surface area contributed by atoms with E-state index in [0.717, 1.165) is 44.4 Å². The molecule has 0 fully saturated rings. The SMILES string of the molecule is c1ccc(-c2nc3c(-c4ccc(-c5ccc6c7ccccc7c7ccccc7c6c5)cc4)cccc3c3c2ccc2c3c3ccccc3n2-c2ccccc2)cc1. The van der Waals surface area contributed by atoms with Crippen LogP contribution in [-0.4, -0.2) is 9.55 Å². The van der Waals surface area contributed by atoms with Gasteiger partial charge in [0.05, 0.1) is 22.2 Å². The lowest BCUT2D eigenvalue weighted by Crippen LogP contribution is -1.95. The van der Waals surface area contributed by atoms with E-state index in [1.165, 1.54) is 70.6 Å². The maximum Gasteiger partial charge on any atom is 0.0794 e. The van der Waals surface area contributed by atoms with Gasteiger partial charge in [-0.05, 0) is 79.3 Å². The number of aromatic nitrogens is 2. The number of para-hydroxylation sites is 3. The third kappa shape index (κ3) is 4.81. The fourth-order valence-corrected chi connectivity index (χ4v) is 9.41. The molecule has 2 heteroatoms. The molecule has 0 spiro atoms. The van der Waals surface area contributed by atoms with E-state index < -0.39 is 0 Å². The van der Waals surface area contributed by atoms with E-state index in [4.69, 9.17) is 4.98 Å². The summed E-state index contributed by atoms with van der Waals surface area (Å²) in [5, 5.41) is 13.8. The Labute approximate surface area is 329 Å². The maximum atomic E-state index is 5.56. The van der Waals surface area contributed by atoms with E-state index in [2.05, 4.69) is 211 Å². The molecule has 12 aromatic rings. The molecule has 57 heavy (non-hydrogen) atoms. The van der Waals surface area contributed by atoms with Crippen LogP contribution in [0.25, 0.3) is 115 Å². The van der Waals surface area contributed by atoms with Crippen molar-refractivity contribution in [1.29, 1.82) is 0 Å². The number of nitrogens with zero attached hydrogens (tertiary/aromatic N) is 2. The summed E-state index contributed by atoms with van der Waals surface area (Å²) < 4.78 is 2.40. The van der Waals surface area contributed by atoms with Crippen molar-refractivity contribution in [2.24, 2.45) is 0 Å². The number of rotatable bonds is 4. The van der Waals surface area contributed by atoms with Gasteiger partial charge in [-0.25, -0.2) is 4.98 Å². The first kappa shape index (κ1) is 31.8. The Balaban J connectivity index is 1.08. The molecule has 0 aliphatic carbocycles. The van der Waals surface area contributed by atoms with Gasteiger partial charge in [0.2, 0.25) is 0 Å². The molecule has 2 nitrogen and oxygen atoms in total. The van der Waals surface area contributed by atoms with Gasteiger partial charge < -0.3 is 4.57 Å². The van der Waals surface area contributed by atoms with Gasteiger partial charge in [0.25, 0.3) is 0 Å². The van der Waals surface area contributed by atoms with Gasteiger partial charge in [-0.3, -0.25) is 0 Å². The van der Waals surface area contributed by atoms with Crippen molar-refractivity contribution in [2.75, 3.05) is 0 Å². The van der Waals surface area contributed by atoms with Gasteiger partial charge in [-0.1, -0.05) is 176 Å². The molecule has 0 radical (unpaired) electrons. The Kier molecular flexibility index (Phi) is 6.96. The molecule has 264 valence electrons. The predicted octanol–water partition coefficient (Wildman–Crippen LogP) is 14.9. The number of fused-ring (bicyclic) bond motifs is 13. The van der Waals surface area contributed by atoms with E-state index in [1.54, 1.807) is 0 Å². The molecule has 0 atom stereocenters. The fourth-order valence-electron chi connectivity index (χ4n) is 9.41. The number of pyridine rings is 1. The van der Waals surface area contributed by atoms with Crippen LogP contribution in [0.3, 0.4) is 0 Å². The first-order chi connectivity index (χ1) is 28.3. The highest BCUT2D eigenvalue weighted by molar-refractivity contribution is 6.30. The van der Waals surface area contributed by atoms with Gasteiger partial charge >= 0.3 is 0 Å². The Morgan fingerprint density at radius 2 is 0.842 bits per heavy atom. The van der Waals surface area contributed by atoms with E-state index in [0.29, 0.717) is 0 Å². The largest absolute Gasteiger partial charge is 0.309 e. The van der Waals surface area contributed by atoms with Crippen LogP contribution in [0, 0.1) is 0 Å². The van der Waals surface area contributed by atoms with Crippen LogP contribution in [0.5, 0.6) is 0 Å². The Morgan fingerprint density at radius 1 is 0.298 bits per heavy atom. The molecule has 0 saturated heterocycles. The van der Waals surface area contributed by atoms with Crippen LogP contribution in [0.1, 0.15) is 0 Å². The zero-order valence-corrected chi connectivity index (χ0v) is 31.0. The average Bonchev–Trinajstić information content (AvgIpc) is 3.63. The molecular formula is C55H34N2. The smallest absolute Gasteiger partial charge is 0.0794 e. The van der Waals surface area contributed by atoms with Crippen molar-refractivity contribution in [3.8, 4) is 39.2 Å². The third-order valence-corrected chi connectivity index (χ3v) is 12.0. The summed E-state index contributed by atoms with van der Waals surface area (Å²) in [6.45, 7) is 0. The molecule has 2 heterocycles. The van der Waals surface area contributed by atoms with E-state index >= 15 is 0 Å². The highest BCUT2D eigenvalue weighted by atomic mass is 15.0. The highest BCUT2D eigenvalue weighted by Crippen LogP contribution is 2.44. The van der Waals surface area contributed by atoms with Crippen molar-refractivity contribution in [1.82, 2.24) is 9.55 Å². The minimum absolute atomic E-state index is 0.997. The second-order valence-electron chi connectivity index (χ2n) is 15.0. The molecule has 0 aliphatic rings. The summed E-state index contributed by atoms with van der Waals surface area (Å²) in [5.74, 6) is 0. The van der Waals surface area contributed by atoms with Crippen LogP contribution in [0.2, 0.25) is 0 Å². The Hall–Kier alpha value is -7.55. The van der Waals surface area contributed by atoms with Crippen LogP contribution < -0.4 is 0 Å². The third-order valence-electron chi connectivity index (χ3n) is 12.0. The summed E-state index contributed by atoms with van der Waals surface area (Å²) >= 11 is 0. The number of hydrogen-bond acceptors (Lipinski definition) is 1. The molecule has 0 amide bonds. The van der Waals surface area contributed by atoms with E-state index in [9.17, 15) is 0 Å². The standard InChI is InChI=1S/C55H34N2/c1-3-14-37(15-4-1)54-48-32-33-51-53(46-22-11-12-25-50(46)57(51)39-16-5-2-6-17-39)52(48)47-24-13-23-40(55(47)56-54)36-28-26-35(27-29-36)38-30-31-45-43-20-8-7-18-41(43)42-19-9-10-21-44(42)49(45)34-38/h1-34H. The van der Waals surface area contributed by atoms with Crippen molar-refractivity contribution >= 4 is 75.8 Å². The summed E-state index contributed by atoms with van der Waals surface area (Å²) in [4.78, 5) is 5.56. The summed E-state index contributed by atoms with van der Waals surface area (Å²) in [5.41, 5.74) is 11.3. The van der Waals surface area contributed by atoms with Gasteiger partial charge in [-0.15, -0.1) is 0 Å². The summed E-state index contributed by atoms with van der Waals surface area (Å²) in [6, 6.07) is 75.0. The average molecular weight is 723 g/mol. The summed E-state index contributed by atoms with van der Waals surface area (Å²) in [7, 11) is 0. The van der Waals surface area contributed by atoms with Gasteiger partial charge in [0, 0.05) is 43.7 Å². The molecule has 0 unspecified atom stereocenters. The van der Waals surface area contributed by atoms with Gasteiger partial charge in [-0.2, -0.15) is 0 Å². The second-order valence-corrected chi connectivity index (χ2v) is 15.0. The molecule has 0 saturated carbocycles. The minimum Gasteiger partial charge on any atom is -0.309 e. The zero-order valence-electron chi connectivity index (χ0n) is 31.0. The first-order valence-corrected chi connectivity index (χ1v) is 19.6. The maximum absolute atomic E-state index is 5.56. The Morgan fingerprint density at radius 3 is 1.56 bits per heavy atom. The quantitative estimate of drug-likeness (QED) is 0.165. The van der Waals surface area contributed by atoms with Crippen LogP contribution in [0.4, 0.5) is 0 Å². The van der Waals surface area contributed by atoms with Crippen LogP contribution in [0.15, 0.2) is 206 Å². The van der Waals surface area contributed by atoms with Crippen molar-refractivity contribution in [3.63, 3.8) is 0 Å². The predicted molar refractivity (Wildman–Crippen MR) is 242 cm³/mol. The van der Waals surface area contributed by atoms with E-state index in [1.807, 2.05) is 0 Å². The molecule has 0 N–H and O–H groups in total. The summed E-state index contributed by atoms with van der Waals surface area (Å²) in [6.07, 6.45) is 0.